The fourth-order valence-electron chi connectivity index (χ4n) is 1.84. The maximum absolute atomic E-state index is 12.5. The van der Waals surface area contributed by atoms with Crippen LogP contribution in [0.1, 0.15) is 29.7 Å². The second-order valence-corrected chi connectivity index (χ2v) is 3.47. The first-order valence-corrected chi connectivity index (χ1v) is 4.42. The topological polar surface area (TPSA) is 12.0 Å². The minimum atomic E-state index is -4.24. The number of nitrogens with one attached hydrogen (secondary N) is 1. The third-order valence-electron chi connectivity index (χ3n) is 2.57. The van der Waals surface area contributed by atoms with Crippen molar-refractivity contribution >= 4 is 0 Å². The smallest absolute Gasteiger partial charge is 0.306 e. The lowest BCUT2D eigenvalue weighted by molar-refractivity contribution is -0.138. The minimum Gasteiger partial charge on any atom is -0.306 e. The molecule has 1 aromatic carbocycles. The molecule has 1 atom stereocenters. The predicted octanol–water partition coefficient (Wildman–Crippen LogP) is 2.87. The summed E-state index contributed by atoms with van der Waals surface area (Å²) in [5.41, 5.74) is 0.652. The molecule has 1 aliphatic rings. The molecule has 0 saturated heterocycles. The molecule has 1 heterocycles. The van der Waals surface area contributed by atoms with Crippen LogP contribution in [-0.2, 0) is 12.7 Å². The second kappa shape index (κ2) is 2.98. The lowest BCUT2D eigenvalue weighted by atomic mass is 10.0. The van der Waals surface area contributed by atoms with Crippen LogP contribution in [0.25, 0.3) is 0 Å². The number of benzene rings is 1. The Balaban J connectivity index is 2.55. The van der Waals surface area contributed by atoms with E-state index in [0.717, 1.165) is 11.6 Å². The van der Waals surface area contributed by atoms with E-state index in [9.17, 15) is 13.2 Å². The van der Waals surface area contributed by atoms with Crippen molar-refractivity contribution in [3.8, 4) is 0 Å². The zero-order valence-electron chi connectivity index (χ0n) is 7.65. The van der Waals surface area contributed by atoms with E-state index in [-0.39, 0.29) is 6.04 Å². The zero-order valence-corrected chi connectivity index (χ0v) is 7.65. The van der Waals surface area contributed by atoms with Crippen LogP contribution < -0.4 is 5.32 Å². The molecule has 76 valence electrons. The summed E-state index contributed by atoms with van der Waals surface area (Å²) < 4.78 is 37.6. The molecule has 2 rings (SSSR count). The molecule has 0 unspecified atom stereocenters. The zero-order chi connectivity index (χ0) is 10.3. The lowest BCUT2D eigenvalue weighted by Crippen LogP contribution is -2.10. The highest BCUT2D eigenvalue weighted by molar-refractivity contribution is 5.41. The average Bonchev–Trinajstić information content (AvgIpc) is 2.46. The van der Waals surface area contributed by atoms with Crippen LogP contribution in [0, 0.1) is 0 Å². The maximum Gasteiger partial charge on any atom is 0.416 e. The standard InChI is InChI=1S/C10H10F3N/c1-6-7-3-2-4-9(10(11,12)13)8(7)5-14-6/h2-4,6,14H,5H2,1H3/t6-/m0/s1. The van der Waals surface area contributed by atoms with E-state index in [2.05, 4.69) is 5.32 Å². The fourth-order valence-corrected chi connectivity index (χ4v) is 1.84. The van der Waals surface area contributed by atoms with Crippen molar-refractivity contribution in [2.45, 2.75) is 25.7 Å². The summed E-state index contributed by atoms with van der Waals surface area (Å²) in [5.74, 6) is 0. The Hall–Kier alpha value is -1.03. The molecule has 0 bridgehead atoms. The van der Waals surface area contributed by atoms with Crippen molar-refractivity contribution in [1.82, 2.24) is 5.32 Å². The average molecular weight is 201 g/mol. The highest BCUT2D eigenvalue weighted by atomic mass is 19.4. The van der Waals surface area contributed by atoms with E-state index in [1.807, 2.05) is 6.92 Å². The summed E-state index contributed by atoms with van der Waals surface area (Å²) in [5, 5.41) is 3.00. The van der Waals surface area contributed by atoms with Gasteiger partial charge in [0, 0.05) is 12.6 Å². The van der Waals surface area contributed by atoms with Crippen LogP contribution in [0.4, 0.5) is 13.2 Å². The molecule has 14 heavy (non-hydrogen) atoms. The molecule has 0 radical (unpaired) electrons. The molecule has 0 aliphatic carbocycles. The third kappa shape index (κ3) is 1.39. The van der Waals surface area contributed by atoms with Crippen molar-refractivity contribution in [2.24, 2.45) is 0 Å². The van der Waals surface area contributed by atoms with Crippen LogP contribution in [-0.4, -0.2) is 0 Å². The van der Waals surface area contributed by atoms with Gasteiger partial charge in [0.25, 0.3) is 0 Å². The quantitative estimate of drug-likeness (QED) is 0.680. The molecule has 0 aromatic heterocycles. The number of fused-ring (bicyclic) bond motifs is 1. The van der Waals surface area contributed by atoms with Gasteiger partial charge in [-0.25, -0.2) is 0 Å². The van der Waals surface area contributed by atoms with Gasteiger partial charge in [-0.15, -0.1) is 0 Å². The first kappa shape index (κ1) is 9.52. The number of halogens is 3. The normalized spacial score (nSPS) is 21.0. The third-order valence-corrected chi connectivity index (χ3v) is 2.57. The first-order valence-electron chi connectivity index (χ1n) is 4.42. The molecule has 0 saturated carbocycles. The molecule has 4 heteroatoms. The van der Waals surface area contributed by atoms with Gasteiger partial charge in [0.2, 0.25) is 0 Å². The van der Waals surface area contributed by atoms with Gasteiger partial charge in [0.05, 0.1) is 5.56 Å². The van der Waals surface area contributed by atoms with Gasteiger partial charge in [-0.2, -0.15) is 13.2 Å². The SMILES string of the molecule is C[C@@H]1NCc2c1cccc2C(F)(F)F. The lowest BCUT2D eigenvalue weighted by Gasteiger charge is -2.11. The van der Waals surface area contributed by atoms with E-state index in [1.54, 1.807) is 6.07 Å². The van der Waals surface area contributed by atoms with Crippen LogP contribution in [0.15, 0.2) is 18.2 Å². The molecule has 1 nitrogen and oxygen atoms in total. The van der Waals surface area contributed by atoms with Gasteiger partial charge in [-0.1, -0.05) is 12.1 Å². The molecule has 0 spiro atoms. The van der Waals surface area contributed by atoms with E-state index >= 15 is 0 Å². The largest absolute Gasteiger partial charge is 0.416 e. The molecular weight excluding hydrogens is 191 g/mol. The molecule has 1 aliphatic heterocycles. The Kier molecular flexibility index (Phi) is 2.03. The summed E-state index contributed by atoms with van der Waals surface area (Å²) in [6.07, 6.45) is -4.24. The van der Waals surface area contributed by atoms with Gasteiger partial charge in [-0.05, 0) is 24.1 Å². The van der Waals surface area contributed by atoms with Crippen molar-refractivity contribution < 1.29 is 13.2 Å². The van der Waals surface area contributed by atoms with E-state index < -0.39 is 11.7 Å². The van der Waals surface area contributed by atoms with Crippen molar-refractivity contribution in [3.63, 3.8) is 0 Å². The monoisotopic (exact) mass is 201 g/mol. The maximum atomic E-state index is 12.5. The van der Waals surface area contributed by atoms with Crippen LogP contribution in [0.2, 0.25) is 0 Å². The van der Waals surface area contributed by atoms with Crippen molar-refractivity contribution in [3.05, 3.63) is 34.9 Å². The Morgan fingerprint density at radius 3 is 2.71 bits per heavy atom. The molecule has 0 fully saturated rings. The Bertz CT molecular complexity index is 357. The summed E-state index contributed by atoms with van der Waals surface area (Å²) in [4.78, 5) is 0. The summed E-state index contributed by atoms with van der Waals surface area (Å²) in [6, 6.07) is 4.37. The van der Waals surface area contributed by atoms with Crippen molar-refractivity contribution in [2.75, 3.05) is 0 Å². The van der Waals surface area contributed by atoms with Crippen LogP contribution >= 0.6 is 0 Å². The predicted molar refractivity (Wildman–Crippen MR) is 46.7 cm³/mol. The van der Waals surface area contributed by atoms with Crippen LogP contribution in [0.3, 0.4) is 0 Å². The highest BCUT2D eigenvalue weighted by Gasteiger charge is 2.36. The van der Waals surface area contributed by atoms with E-state index in [1.165, 1.54) is 6.07 Å². The van der Waals surface area contributed by atoms with Gasteiger partial charge in [0.15, 0.2) is 0 Å². The minimum absolute atomic E-state index is 0.0206. The highest BCUT2D eigenvalue weighted by Crippen LogP contribution is 2.37. The molecule has 1 aromatic rings. The number of alkyl halides is 3. The van der Waals surface area contributed by atoms with E-state index in [4.69, 9.17) is 0 Å². The van der Waals surface area contributed by atoms with Gasteiger partial charge < -0.3 is 5.32 Å². The first-order chi connectivity index (χ1) is 6.50. The van der Waals surface area contributed by atoms with Crippen LogP contribution in [0.5, 0.6) is 0 Å². The number of hydrogen-bond acceptors (Lipinski definition) is 1. The number of rotatable bonds is 0. The fraction of sp³-hybridized carbons (Fsp3) is 0.400. The second-order valence-electron chi connectivity index (χ2n) is 3.47. The molecular formula is C10H10F3N. The summed E-state index contributed by atoms with van der Waals surface area (Å²) >= 11 is 0. The van der Waals surface area contributed by atoms with Gasteiger partial charge in [0.1, 0.15) is 0 Å². The number of hydrogen-bond donors (Lipinski definition) is 1. The summed E-state index contributed by atoms with van der Waals surface area (Å²) in [7, 11) is 0. The van der Waals surface area contributed by atoms with Crippen molar-refractivity contribution in [1.29, 1.82) is 0 Å². The summed E-state index contributed by atoms with van der Waals surface area (Å²) in [6.45, 7) is 2.18. The Labute approximate surface area is 79.9 Å². The van der Waals surface area contributed by atoms with Gasteiger partial charge in [-0.3, -0.25) is 0 Å². The van der Waals surface area contributed by atoms with Gasteiger partial charge >= 0.3 is 6.18 Å². The molecule has 1 N–H and O–H groups in total. The molecule has 0 amide bonds. The Morgan fingerprint density at radius 1 is 1.36 bits per heavy atom. The van der Waals surface area contributed by atoms with E-state index in [0.29, 0.717) is 12.1 Å². The Morgan fingerprint density at radius 2 is 2.07 bits per heavy atom.